The molecule has 1 aromatic heterocycles. The molecule has 2 aromatic carbocycles. The van der Waals surface area contributed by atoms with Gasteiger partial charge in [0, 0.05) is 24.0 Å². The van der Waals surface area contributed by atoms with Gasteiger partial charge >= 0.3 is 0 Å². The maximum atomic E-state index is 12.8. The van der Waals surface area contributed by atoms with E-state index in [0.29, 0.717) is 25.3 Å². The minimum absolute atomic E-state index is 0.102. The Hall–Kier alpha value is -2.86. The number of thiazole rings is 1. The van der Waals surface area contributed by atoms with Crippen LogP contribution in [0.15, 0.2) is 47.8 Å². The lowest BCUT2D eigenvalue weighted by atomic mass is 9.98. The number of ether oxygens (including phenoxy) is 2. The molecule has 4 rings (SSSR count). The first kappa shape index (κ1) is 18.5. The standard InChI is InChI=1S/C22H22N2O3S/c1-26-19-10-16-8-9-24(13-17(16)11-20(19)27-2)21(25)12-18-14-28-22(23-18)15-6-4-3-5-7-15/h3-7,10-11,14H,8-9,12-13H2,1-2H3. The first-order valence-corrected chi connectivity index (χ1v) is 10.1. The molecule has 1 aliphatic heterocycles. The van der Waals surface area contributed by atoms with Gasteiger partial charge in [-0.15, -0.1) is 11.3 Å². The fraction of sp³-hybridized carbons (Fsp3) is 0.273. The van der Waals surface area contributed by atoms with E-state index in [1.165, 1.54) is 5.56 Å². The second-order valence-electron chi connectivity index (χ2n) is 6.73. The van der Waals surface area contributed by atoms with Gasteiger partial charge in [-0.25, -0.2) is 4.98 Å². The molecule has 5 nitrogen and oxygen atoms in total. The molecule has 2 heterocycles. The summed E-state index contributed by atoms with van der Waals surface area (Å²) in [4.78, 5) is 19.4. The van der Waals surface area contributed by atoms with Crippen LogP contribution in [0.4, 0.5) is 0 Å². The Labute approximate surface area is 168 Å². The van der Waals surface area contributed by atoms with Gasteiger partial charge in [0.15, 0.2) is 11.5 Å². The number of aromatic nitrogens is 1. The Morgan fingerprint density at radius 3 is 2.54 bits per heavy atom. The van der Waals surface area contributed by atoms with Crippen LogP contribution in [-0.4, -0.2) is 36.6 Å². The van der Waals surface area contributed by atoms with Crippen LogP contribution in [0.1, 0.15) is 16.8 Å². The molecular weight excluding hydrogens is 372 g/mol. The van der Waals surface area contributed by atoms with E-state index in [1.807, 2.05) is 52.7 Å². The number of nitrogens with zero attached hydrogens (tertiary/aromatic N) is 2. The highest BCUT2D eigenvalue weighted by molar-refractivity contribution is 7.13. The van der Waals surface area contributed by atoms with Gasteiger partial charge in [-0.05, 0) is 29.7 Å². The Morgan fingerprint density at radius 1 is 1.11 bits per heavy atom. The van der Waals surface area contributed by atoms with Crippen LogP contribution in [-0.2, 0) is 24.2 Å². The van der Waals surface area contributed by atoms with E-state index < -0.39 is 0 Å². The van der Waals surface area contributed by atoms with Gasteiger partial charge in [0.05, 0.1) is 26.3 Å². The third-order valence-electron chi connectivity index (χ3n) is 4.98. The number of amides is 1. The average Bonchev–Trinajstić information content (AvgIpc) is 3.21. The molecule has 1 aliphatic rings. The second-order valence-corrected chi connectivity index (χ2v) is 7.59. The summed E-state index contributed by atoms with van der Waals surface area (Å²) >= 11 is 1.58. The summed E-state index contributed by atoms with van der Waals surface area (Å²) in [6.07, 6.45) is 1.14. The van der Waals surface area contributed by atoms with Crippen molar-refractivity contribution in [3.05, 3.63) is 64.7 Å². The van der Waals surface area contributed by atoms with Crippen LogP contribution in [0.5, 0.6) is 11.5 Å². The summed E-state index contributed by atoms with van der Waals surface area (Å²) in [5, 5.41) is 2.93. The molecule has 0 aliphatic carbocycles. The van der Waals surface area contributed by atoms with Crippen molar-refractivity contribution in [1.29, 1.82) is 0 Å². The lowest BCUT2D eigenvalue weighted by molar-refractivity contribution is -0.131. The molecule has 28 heavy (non-hydrogen) atoms. The maximum absolute atomic E-state index is 12.8. The molecule has 0 unspecified atom stereocenters. The van der Waals surface area contributed by atoms with E-state index in [9.17, 15) is 4.79 Å². The van der Waals surface area contributed by atoms with Crippen molar-refractivity contribution >= 4 is 17.2 Å². The van der Waals surface area contributed by atoms with Crippen molar-refractivity contribution in [3.63, 3.8) is 0 Å². The van der Waals surface area contributed by atoms with Gasteiger partial charge in [-0.3, -0.25) is 4.79 Å². The molecule has 144 valence electrons. The molecule has 0 N–H and O–H groups in total. The average molecular weight is 394 g/mol. The Morgan fingerprint density at radius 2 is 1.82 bits per heavy atom. The Kier molecular flexibility index (Phi) is 5.30. The smallest absolute Gasteiger partial charge is 0.228 e. The van der Waals surface area contributed by atoms with Crippen molar-refractivity contribution in [2.75, 3.05) is 20.8 Å². The van der Waals surface area contributed by atoms with Crippen LogP contribution >= 0.6 is 11.3 Å². The zero-order valence-electron chi connectivity index (χ0n) is 16.0. The molecule has 0 atom stereocenters. The zero-order valence-corrected chi connectivity index (χ0v) is 16.8. The fourth-order valence-corrected chi connectivity index (χ4v) is 4.29. The fourth-order valence-electron chi connectivity index (χ4n) is 3.46. The lowest BCUT2D eigenvalue weighted by Crippen LogP contribution is -2.37. The highest BCUT2D eigenvalue weighted by atomic mass is 32.1. The third kappa shape index (κ3) is 3.73. The number of carbonyl (C=O) groups is 1. The summed E-state index contributed by atoms with van der Waals surface area (Å²) in [5.74, 6) is 1.53. The topological polar surface area (TPSA) is 51.7 Å². The SMILES string of the molecule is COc1cc2c(cc1OC)CN(C(=O)Cc1csc(-c3ccccc3)n1)CC2. The van der Waals surface area contributed by atoms with E-state index in [4.69, 9.17) is 9.47 Å². The van der Waals surface area contributed by atoms with Gasteiger partial charge in [0.2, 0.25) is 5.91 Å². The van der Waals surface area contributed by atoms with E-state index in [-0.39, 0.29) is 5.91 Å². The summed E-state index contributed by atoms with van der Waals surface area (Å²) in [7, 11) is 3.27. The number of methoxy groups -OCH3 is 2. The summed E-state index contributed by atoms with van der Waals surface area (Å²) in [6, 6.07) is 14.0. The Balaban J connectivity index is 1.46. The molecule has 0 radical (unpaired) electrons. The molecule has 0 saturated heterocycles. The van der Waals surface area contributed by atoms with Crippen molar-refractivity contribution in [3.8, 4) is 22.1 Å². The molecule has 0 fully saturated rings. The maximum Gasteiger partial charge on any atom is 0.228 e. The molecule has 0 bridgehead atoms. The number of hydrogen-bond donors (Lipinski definition) is 0. The van der Waals surface area contributed by atoms with Crippen LogP contribution in [0, 0.1) is 0 Å². The quantitative estimate of drug-likeness (QED) is 0.657. The zero-order chi connectivity index (χ0) is 19.5. The van der Waals surface area contributed by atoms with Gasteiger partial charge in [-0.1, -0.05) is 30.3 Å². The number of carbonyl (C=O) groups excluding carboxylic acids is 1. The lowest BCUT2D eigenvalue weighted by Gasteiger charge is -2.29. The van der Waals surface area contributed by atoms with Crippen LogP contribution in [0.3, 0.4) is 0 Å². The number of fused-ring (bicyclic) bond motifs is 1. The molecule has 0 spiro atoms. The van der Waals surface area contributed by atoms with Crippen LogP contribution < -0.4 is 9.47 Å². The highest BCUT2D eigenvalue weighted by Crippen LogP contribution is 2.33. The molecular formula is C22H22N2O3S. The minimum atomic E-state index is 0.102. The van der Waals surface area contributed by atoms with Gasteiger partial charge in [-0.2, -0.15) is 0 Å². The largest absolute Gasteiger partial charge is 0.493 e. The number of benzene rings is 2. The van der Waals surface area contributed by atoms with Crippen molar-refractivity contribution in [2.24, 2.45) is 0 Å². The molecule has 1 amide bonds. The number of hydrogen-bond acceptors (Lipinski definition) is 5. The molecule has 3 aromatic rings. The third-order valence-corrected chi connectivity index (χ3v) is 5.92. The first-order valence-electron chi connectivity index (χ1n) is 9.19. The van der Waals surface area contributed by atoms with Gasteiger partial charge in [0.1, 0.15) is 5.01 Å². The molecule has 0 saturated carbocycles. The summed E-state index contributed by atoms with van der Waals surface area (Å²) < 4.78 is 10.8. The monoisotopic (exact) mass is 394 g/mol. The summed E-state index contributed by atoms with van der Waals surface area (Å²) in [6.45, 7) is 1.29. The van der Waals surface area contributed by atoms with Crippen molar-refractivity contribution in [1.82, 2.24) is 9.88 Å². The first-order chi connectivity index (χ1) is 13.7. The predicted octanol–water partition coefficient (Wildman–Crippen LogP) is 3.95. The second kappa shape index (κ2) is 8.02. The van der Waals surface area contributed by atoms with Gasteiger partial charge < -0.3 is 14.4 Å². The highest BCUT2D eigenvalue weighted by Gasteiger charge is 2.23. The van der Waals surface area contributed by atoms with E-state index >= 15 is 0 Å². The van der Waals surface area contributed by atoms with Crippen LogP contribution in [0.2, 0.25) is 0 Å². The number of rotatable bonds is 5. The Bertz CT molecular complexity index is 985. The predicted molar refractivity (Wildman–Crippen MR) is 110 cm³/mol. The van der Waals surface area contributed by atoms with E-state index in [2.05, 4.69) is 4.98 Å². The minimum Gasteiger partial charge on any atom is -0.493 e. The normalized spacial score (nSPS) is 13.1. The van der Waals surface area contributed by atoms with E-state index in [1.54, 1.807) is 25.6 Å². The van der Waals surface area contributed by atoms with Crippen molar-refractivity contribution in [2.45, 2.75) is 19.4 Å². The van der Waals surface area contributed by atoms with Gasteiger partial charge in [0.25, 0.3) is 0 Å². The molecule has 6 heteroatoms. The van der Waals surface area contributed by atoms with E-state index in [0.717, 1.165) is 34.0 Å². The summed E-state index contributed by atoms with van der Waals surface area (Å²) in [5.41, 5.74) is 4.23. The van der Waals surface area contributed by atoms with Crippen molar-refractivity contribution < 1.29 is 14.3 Å². The van der Waals surface area contributed by atoms with Crippen LogP contribution in [0.25, 0.3) is 10.6 Å².